The number of aryl methyl sites for hydroxylation is 1. The van der Waals surface area contributed by atoms with Crippen molar-refractivity contribution in [2.45, 2.75) is 57.5 Å². The predicted octanol–water partition coefficient (Wildman–Crippen LogP) is 2.96. The molecule has 0 radical (unpaired) electrons. The van der Waals surface area contributed by atoms with Crippen LogP contribution in [0.5, 0.6) is 0 Å². The number of likely N-dealkylation sites (tertiary alicyclic amines) is 1. The van der Waals surface area contributed by atoms with Gasteiger partial charge in [0.15, 0.2) is 0 Å². The maximum atomic E-state index is 13.1. The van der Waals surface area contributed by atoms with Crippen LogP contribution < -0.4 is 0 Å². The van der Waals surface area contributed by atoms with Crippen LogP contribution in [0.1, 0.15) is 50.0 Å². The highest BCUT2D eigenvalue weighted by molar-refractivity contribution is 5.86. The van der Waals surface area contributed by atoms with Crippen LogP contribution in [0.4, 0.5) is 0 Å². The number of amides is 1. The molecule has 21 heavy (non-hydrogen) atoms. The first-order chi connectivity index (χ1) is 10.1. The molecule has 0 atom stereocenters. The van der Waals surface area contributed by atoms with Crippen LogP contribution in [0.3, 0.4) is 0 Å². The van der Waals surface area contributed by atoms with E-state index < -0.39 is 0 Å². The van der Waals surface area contributed by atoms with Gasteiger partial charge in [-0.1, -0.05) is 12.8 Å². The maximum absolute atomic E-state index is 13.1. The van der Waals surface area contributed by atoms with Gasteiger partial charge < -0.3 is 9.32 Å². The van der Waals surface area contributed by atoms with Gasteiger partial charge >= 0.3 is 0 Å². The highest BCUT2D eigenvalue weighted by Crippen LogP contribution is 2.39. The van der Waals surface area contributed by atoms with Crippen molar-refractivity contribution in [1.29, 1.82) is 0 Å². The molecular weight excluding hydrogens is 264 g/mol. The number of carbonyl (C=O) groups is 1. The third-order valence-corrected chi connectivity index (χ3v) is 5.08. The second-order valence-electron chi connectivity index (χ2n) is 6.61. The summed E-state index contributed by atoms with van der Waals surface area (Å²) in [5.74, 6) is 2.06. The largest absolute Gasteiger partial charge is 0.464 e. The number of hydrogen-bond acceptors (Lipinski definition) is 3. The molecular formula is C17H26N2O2. The highest BCUT2D eigenvalue weighted by atomic mass is 16.3. The Labute approximate surface area is 127 Å². The van der Waals surface area contributed by atoms with Crippen molar-refractivity contribution in [3.05, 3.63) is 23.7 Å². The Morgan fingerprint density at radius 1 is 1.24 bits per heavy atom. The molecule has 4 heteroatoms. The quantitative estimate of drug-likeness (QED) is 0.855. The summed E-state index contributed by atoms with van der Waals surface area (Å²) in [6.45, 7) is 4.68. The monoisotopic (exact) mass is 290 g/mol. The van der Waals surface area contributed by atoms with Crippen molar-refractivity contribution < 1.29 is 9.21 Å². The molecule has 3 rings (SSSR count). The molecule has 2 aliphatic rings. The molecule has 0 bridgehead atoms. The molecule has 0 spiro atoms. The van der Waals surface area contributed by atoms with E-state index in [1.807, 2.05) is 31.0 Å². The van der Waals surface area contributed by atoms with Crippen LogP contribution in [0.25, 0.3) is 0 Å². The summed E-state index contributed by atoms with van der Waals surface area (Å²) in [5, 5.41) is 0. The number of nitrogens with zero attached hydrogens (tertiary/aromatic N) is 2. The van der Waals surface area contributed by atoms with E-state index in [0.29, 0.717) is 6.54 Å². The van der Waals surface area contributed by atoms with Crippen LogP contribution in [-0.2, 0) is 11.3 Å². The van der Waals surface area contributed by atoms with Gasteiger partial charge in [0.05, 0.1) is 6.54 Å². The van der Waals surface area contributed by atoms with E-state index in [4.69, 9.17) is 4.42 Å². The summed E-state index contributed by atoms with van der Waals surface area (Å²) >= 11 is 0. The first-order valence-corrected chi connectivity index (χ1v) is 8.18. The fourth-order valence-corrected chi connectivity index (χ4v) is 4.00. The summed E-state index contributed by atoms with van der Waals surface area (Å²) in [5.41, 5.74) is -0.229. The fraction of sp³-hybridized carbons (Fsp3) is 0.706. The molecule has 1 saturated carbocycles. The number of rotatable bonds is 4. The van der Waals surface area contributed by atoms with E-state index in [0.717, 1.165) is 37.5 Å². The summed E-state index contributed by atoms with van der Waals surface area (Å²) < 4.78 is 5.62. The Balaban J connectivity index is 1.74. The van der Waals surface area contributed by atoms with Crippen molar-refractivity contribution in [2.75, 3.05) is 20.1 Å². The van der Waals surface area contributed by atoms with Crippen molar-refractivity contribution >= 4 is 5.91 Å². The van der Waals surface area contributed by atoms with Crippen LogP contribution in [0.2, 0.25) is 0 Å². The Bertz CT molecular complexity index is 497. The maximum Gasteiger partial charge on any atom is 0.243 e. The molecule has 1 amide bonds. The Kier molecular flexibility index (Phi) is 4.07. The highest BCUT2D eigenvalue weighted by Gasteiger charge is 2.48. The van der Waals surface area contributed by atoms with Gasteiger partial charge in [0.2, 0.25) is 5.91 Å². The third kappa shape index (κ3) is 2.73. The zero-order chi connectivity index (χ0) is 14.9. The molecule has 0 unspecified atom stereocenters. The summed E-state index contributed by atoms with van der Waals surface area (Å²) in [6, 6.07) is 3.93. The molecule has 1 aliphatic heterocycles. The normalized spacial score (nSPS) is 21.8. The lowest BCUT2D eigenvalue weighted by atomic mass is 9.93. The lowest BCUT2D eigenvalue weighted by Crippen LogP contribution is -2.56. The number of hydrogen-bond donors (Lipinski definition) is 0. The van der Waals surface area contributed by atoms with Crippen molar-refractivity contribution in [2.24, 2.45) is 0 Å². The number of likely N-dealkylation sites (N-methyl/N-ethyl adjacent to an activating group) is 1. The summed E-state index contributed by atoms with van der Waals surface area (Å²) in [4.78, 5) is 17.4. The van der Waals surface area contributed by atoms with E-state index in [1.165, 1.54) is 25.7 Å². The minimum absolute atomic E-state index is 0.229. The average Bonchev–Trinajstić information content (AvgIpc) is 3.19. The van der Waals surface area contributed by atoms with Gasteiger partial charge in [-0.3, -0.25) is 9.69 Å². The SMILES string of the molecule is Cc1ccc(CN(C)C(=O)C2(N3CCCC3)CCCC2)o1. The molecule has 1 aliphatic carbocycles. The Morgan fingerprint density at radius 3 is 2.48 bits per heavy atom. The number of furan rings is 1. The predicted molar refractivity (Wildman–Crippen MR) is 81.9 cm³/mol. The fourth-order valence-electron chi connectivity index (χ4n) is 4.00. The van der Waals surface area contributed by atoms with Gasteiger partial charge in [-0.05, 0) is 57.8 Å². The average molecular weight is 290 g/mol. The molecule has 1 aromatic heterocycles. The molecule has 1 saturated heterocycles. The van der Waals surface area contributed by atoms with Crippen molar-refractivity contribution in [3.63, 3.8) is 0 Å². The molecule has 0 N–H and O–H groups in total. The van der Waals surface area contributed by atoms with Gasteiger partial charge in [0.25, 0.3) is 0 Å². The Hall–Kier alpha value is -1.29. The standard InChI is InChI=1S/C17H26N2O2/c1-14-7-8-15(21-14)13-18(2)16(20)17(9-3-4-10-17)19-11-5-6-12-19/h7-8H,3-6,9-13H2,1-2H3. The van der Waals surface area contributed by atoms with Crippen LogP contribution in [-0.4, -0.2) is 41.4 Å². The van der Waals surface area contributed by atoms with Gasteiger partial charge in [0.1, 0.15) is 17.1 Å². The number of carbonyl (C=O) groups excluding carboxylic acids is 1. The minimum Gasteiger partial charge on any atom is -0.464 e. The van der Waals surface area contributed by atoms with Gasteiger partial charge in [-0.25, -0.2) is 0 Å². The molecule has 4 nitrogen and oxygen atoms in total. The third-order valence-electron chi connectivity index (χ3n) is 5.08. The molecule has 2 heterocycles. The Morgan fingerprint density at radius 2 is 1.90 bits per heavy atom. The van der Waals surface area contributed by atoms with E-state index >= 15 is 0 Å². The molecule has 1 aromatic rings. The molecule has 0 aromatic carbocycles. The van der Waals surface area contributed by atoms with Gasteiger partial charge in [0, 0.05) is 7.05 Å². The van der Waals surface area contributed by atoms with E-state index in [9.17, 15) is 4.79 Å². The zero-order valence-corrected chi connectivity index (χ0v) is 13.2. The smallest absolute Gasteiger partial charge is 0.243 e. The van der Waals surface area contributed by atoms with Crippen LogP contribution in [0, 0.1) is 6.92 Å². The second kappa shape index (κ2) is 5.84. The topological polar surface area (TPSA) is 36.7 Å². The van der Waals surface area contributed by atoms with Gasteiger partial charge in [-0.2, -0.15) is 0 Å². The molecule has 2 fully saturated rings. The first kappa shape index (κ1) is 14.6. The van der Waals surface area contributed by atoms with Crippen molar-refractivity contribution in [3.8, 4) is 0 Å². The van der Waals surface area contributed by atoms with E-state index in [-0.39, 0.29) is 11.4 Å². The summed E-state index contributed by atoms with van der Waals surface area (Å²) in [6.07, 6.45) is 6.86. The van der Waals surface area contributed by atoms with Crippen LogP contribution in [0.15, 0.2) is 16.5 Å². The first-order valence-electron chi connectivity index (χ1n) is 8.18. The molecule has 116 valence electrons. The van der Waals surface area contributed by atoms with Gasteiger partial charge in [-0.15, -0.1) is 0 Å². The zero-order valence-electron chi connectivity index (χ0n) is 13.2. The van der Waals surface area contributed by atoms with E-state index in [2.05, 4.69) is 4.90 Å². The lowest BCUT2D eigenvalue weighted by Gasteiger charge is -2.39. The minimum atomic E-state index is -0.229. The van der Waals surface area contributed by atoms with Crippen molar-refractivity contribution in [1.82, 2.24) is 9.80 Å². The second-order valence-corrected chi connectivity index (χ2v) is 6.61. The van der Waals surface area contributed by atoms with E-state index in [1.54, 1.807) is 0 Å². The summed E-state index contributed by atoms with van der Waals surface area (Å²) in [7, 11) is 1.91. The lowest BCUT2D eigenvalue weighted by molar-refractivity contribution is -0.143. The van der Waals surface area contributed by atoms with Crippen LogP contribution >= 0.6 is 0 Å².